The summed E-state index contributed by atoms with van der Waals surface area (Å²) in [7, 11) is -3.12. The number of hydrogen-bond donors (Lipinski definition) is 1. The van der Waals surface area contributed by atoms with E-state index in [0.29, 0.717) is 0 Å². The largest absolute Gasteiger partial charge is 0.349 e. The lowest BCUT2D eigenvalue weighted by atomic mass is 10.1. The van der Waals surface area contributed by atoms with E-state index in [9.17, 15) is 13.2 Å². The Morgan fingerprint density at radius 2 is 2.00 bits per heavy atom. The lowest BCUT2D eigenvalue weighted by Gasteiger charge is -2.28. The maximum Gasteiger partial charge on any atom is 0.240 e. The van der Waals surface area contributed by atoms with Gasteiger partial charge >= 0.3 is 0 Å². The van der Waals surface area contributed by atoms with Crippen LogP contribution in [0.3, 0.4) is 0 Å². The van der Waals surface area contributed by atoms with Crippen LogP contribution in [-0.4, -0.2) is 71.7 Å². The van der Waals surface area contributed by atoms with Crippen LogP contribution >= 0.6 is 11.8 Å². The van der Waals surface area contributed by atoms with Gasteiger partial charge in [-0.3, -0.25) is 9.69 Å². The molecule has 2 aliphatic rings. The first-order valence-electron chi connectivity index (χ1n) is 9.64. The second-order valence-electron chi connectivity index (χ2n) is 7.60. The minimum Gasteiger partial charge on any atom is -0.349 e. The van der Waals surface area contributed by atoms with Gasteiger partial charge in [0.25, 0.3) is 0 Å². The minimum atomic E-state index is -3.12. The van der Waals surface area contributed by atoms with E-state index in [2.05, 4.69) is 15.2 Å². The number of para-hydroxylation sites is 2. The van der Waals surface area contributed by atoms with Crippen LogP contribution in [0.5, 0.6) is 0 Å². The molecule has 0 bridgehead atoms. The third-order valence-electron chi connectivity index (χ3n) is 5.59. The lowest BCUT2D eigenvalue weighted by Crippen LogP contribution is -2.50. The van der Waals surface area contributed by atoms with E-state index in [4.69, 9.17) is 0 Å². The van der Waals surface area contributed by atoms with Crippen molar-refractivity contribution >= 4 is 38.5 Å². The normalized spacial score (nSPS) is 24.8. The van der Waals surface area contributed by atoms with E-state index in [1.54, 1.807) is 11.8 Å². The standard InChI is InChI=1S/C19H26N4O3S2/c1-27-11-18-20-14-6-2-3-7-16(14)23(18)10-19(24)21-15-12-28(25,26)13-17(15)22-8-4-5-9-22/h2-3,6-7,15,17H,4-5,8-13H2,1H3,(H,21,24). The van der Waals surface area contributed by atoms with Crippen molar-refractivity contribution in [3.8, 4) is 0 Å². The maximum absolute atomic E-state index is 12.9. The van der Waals surface area contributed by atoms with Crippen molar-refractivity contribution in [2.45, 2.75) is 37.2 Å². The van der Waals surface area contributed by atoms with Crippen LogP contribution in [0.25, 0.3) is 11.0 Å². The van der Waals surface area contributed by atoms with Gasteiger partial charge in [0.15, 0.2) is 9.84 Å². The van der Waals surface area contributed by atoms with Crippen LogP contribution in [0.4, 0.5) is 0 Å². The summed E-state index contributed by atoms with van der Waals surface area (Å²) in [5, 5.41) is 3.02. The zero-order valence-corrected chi connectivity index (χ0v) is 17.6. The molecule has 0 saturated carbocycles. The van der Waals surface area contributed by atoms with E-state index in [-0.39, 0.29) is 36.0 Å². The summed E-state index contributed by atoms with van der Waals surface area (Å²) in [6.45, 7) is 1.98. The number of carbonyl (C=O) groups is 1. The zero-order valence-electron chi connectivity index (χ0n) is 16.0. The summed E-state index contributed by atoms with van der Waals surface area (Å²) in [5.41, 5.74) is 1.80. The number of nitrogens with zero attached hydrogens (tertiary/aromatic N) is 3. The number of rotatable bonds is 6. The number of benzene rings is 1. The zero-order chi connectivity index (χ0) is 19.7. The summed E-state index contributed by atoms with van der Waals surface area (Å²) in [5.74, 6) is 1.60. The topological polar surface area (TPSA) is 84.3 Å². The Balaban J connectivity index is 1.52. The monoisotopic (exact) mass is 422 g/mol. The molecule has 2 fully saturated rings. The van der Waals surface area contributed by atoms with Gasteiger partial charge in [0.1, 0.15) is 12.4 Å². The maximum atomic E-state index is 12.9. The fourth-order valence-electron chi connectivity index (χ4n) is 4.34. The molecule has 2 aromatic rings. The number of hydrogen-bond acceptors (Lipinski definition) is 6. The fraction of sp³-hybridized carbons (Fsp3) is 0.579. The minimum absolute atomic E-state index is 0.0300. The molecule has 1 N–H and O–H groups in total. The highest BCUT2D eigenvalue weighted by Gasteiger charge is 2.42. The first-order valence-corrected chi connectivity index (χ1v) is 12.9. The number of sulfone groups is 1. The van der Waals surface area contributed by atoms with Gasteiger partial charge in [-0.25, -0.2) is 13.4 Å². The van der Waals surface area contributed by atoms with Crippen molar-refractivity contribution in [1.82, 2.24) is 19.8 Å². The van der Waals surface area contributed by atoms with Gasteiger partial charge < -0.3 is 9.88 Å². The van der Waals surface area contributed by atoms with Crippen molar-refractivity contribution in [1.29, 1.82) is 0 Å². The second-order valence-corrected chi connectivity index (χ2v) is 10.6. The molecule has 152 valence electrons. The number of imidazole rings is 1. The number of aromatic nitrogens is 2. The lowest BCUT2D eigenvalue weighted by molar-refractivity contribution is -0.122. The molecule has 0 radical (unpaired) electrons. The van der Waals surface area contributed by atoms with Crippen LogP contribution in [0.1, 0.15) is 18.7 Å². The summed E-state index contributed by atoms with van der Waals surface area (Å²) in [6, 6.07) is 7.34. The molecule has 28 heavy (non-hydrogen) atoms. The van der Waals surface area contributed by atoms with Gasteiger partial charge in [-0.2, -0.15) is 11.8 Å². The Labute approximate surface area is 169 Å². The Hall–Kier alpha value is -1.58. The number of likely N-dealkylation sites (tertiary alicyclic amines) is 1. The number of fused-ring (bicyclic) bond motifs is 1. The molecule has 0 spiro atoms. The van der Waals surface area contributed by atoms with Crippen LogP contribution in [-0.2, 0) is 26.9 Å². The highest BCUT2D eigenvalue weighted by molar-refractivity contribution is 7.97. The molecule has 2 aliphatic heterocycles. The van der Waals surface area contributed by atoms with Gasteiger partial charge in [0, 0.05) is 6.04 Å². The third kappa shape index (κ3) is 4.06. The van der Waals surface area contributed by atoms with Gasteiger partial charge in [0.2, 0.25) is 5.91 Å². The van der Waals surface area contributed by atoms with Crippen molar-refractivity contribution in [2.24, 2.45) is 0 Å². The molecule has 1 aromatic heterocycles. The van der Waals surface area contributed by atoms with Crippen molar-refractivity contribution in [3.05, 3.63) is 30.1 Å². The number of thioether (sulfide) groups is 1. The molecule has 2 unspecified atom stereocenters. The van der Waals surface area contributed by atoms with E-state index in [0.717, 1.165) is 48.5 Å². The van der Waals surface area contributed by atoms with E-state index in [1.807, 2.05) is 35.1 Å². The number of nitrogens with one attached hydrogen (secondary N) is 1. The number of amides is 1. The van der Waals surface area contributed by atoms with Gasteiger partial charge in [-0.1, -0.05) is 12.1 Å². The molecule has 2 saturated heterocycles. The second kappa shape index (κ2) is 8.04. The van der Waals surface area contributed by atoms with E-state index in [1.165, 1.54) is 0 Å². The van der Waals surface area contributed by atoms with Crippen LogP contribution in [0.2, 0.25) is 0 Å². The Bertz CT molecular complexity index is 967. The van der Waals surface area contributed by atoms with Crippen molar-refractivity contribution in [3.63, 3.8) is 0 Å². The molecule has 4 rings (SSSR count). The molecule has 1 amide bonds. The Morgan fingerprint density at radius 1 is 1.25 bits per heavy atom. The molecular formula is C19H26N4O3S2. The average molecular weight is 423 g/mol. The predicted octanol–water partition coefficient (Wildman–Crippen LogP) is 1.28. The van der Waals surface area contributed by atoms with Crippen LogP contribution < -0.4 is 5.32 Å². The Morgan fingerprint density at radius 3 is 2.75 bits per heavy atom. The van der Waals surface area contributed by atoms with Crippen molar-refractivity contribution in [2.75, 3.05) is 30.9 Å². The molecule has 3 heterocycles. The smallest absolute Gasteiger partial charge is 0.240 e. The quantitative estimate of drug-likeness (QED) is 0.755. The SMILES string of the molecule is CSCc1nc2ccccc2n1CC(=O)NC1CS(=O)(=O)CC1N1CCCC1. The molecule has 7 nitrogen and oxygen atoms in total. The predicted molar refractivity (Wildman–Crippen MR) is 112 cm³/mol. The fourth-order valence-corrected chi connectivity index (χ4v) is 6.77. The van der Waals surface area contributed by atoms with Crippen LogP contribution in [0.15, 0.2) is 24.3 Å². The summed E-state index contributed by atoms with van der Waals surface area (Å²) < 4.78 is 26.4. The highest BCUT2D eigenvalue weighted by atomic mass is 32.2. The Kier molecular flexibility index (Phi) is 5.66. The molecular weight excluding hydrogens is 396 g/mol. The van der Waals surface area contributed by atoms with E-state index < -0.39 is 9.84 Å². The first kappa shape index (κ1) is 19.7. The summed E-state index contributed by atoms with van der Waals surface area (Å²) in [6.07, 6.45) is 4.19. The average Bonchev–Trinajstić information content (AvgIpc) is 3.34. The molecule has 1 aromatic carbocycles. The molecule has 0 aliphatic carbocycles. The highest BCUT2D eigenvalue weighted by Crippen LogP contribution is 2.23. The first-order chi connectivity index (χ1) is 13.5. The van der Waals surface area contributed by atoms with Gasteiger partial charge in [-0.05, 0) is 44.3 Å². The summed E-state index contributed by atoms with van der Waals surface area (Å²) >= 11 is 1.66. The van der Waals surface area contributed by atoms with Gasteiger partial charge in [0.05, 0.1) is 34.3 Å². The number of carbonyl (C=O) groups excluding carboxylic acids is 1. The summed E-state index contributed by atoms with van der Waals surface area (Å²) in [4.78, 5) is 19.7. The van der Waals surface area contributed by atoms with E-state index >= 15 is 0 Å². The third-order valence-corrected chi connectivity index (χ3v) is 7.85. The molecule has 9 heteroatoms. The molecule has 2 atom stereocenters. The van der Waals surface area contributed by atoms with Crippen LogP contribution in [0, 0.1) is 0 Å². The van der Waals surface area contributed by atoms with Crippen molar-refractivity contribution < 1.29 is 13.2 Å². The van der Waals surface area contributed by atoms with Gasteiger partial charge in [-0.15, -0.1) is 0 Å².